The highest BCUT2D eigenvalue weighted by molar-refractivity contribution is 7.89. The molecule has 0 aliphatic rings. The van der Waals surface area contributed by atoms with Gasteiger partial charge >= 0.3 is 0 Å². The number of carbonyl (C=O) groups is 1. The lowest BCUT2D eigenvalue weighted by Crippen LogP contribution is -2.30. The largest absolute Gasteiger partial charge is 0.296 e. The van der Waals surface area contributed by atoms with Crippen molar-refractivity contribution in [2.45, 2.75) is 25.7 Å². The third kappa shape index (κ3) is 4.69. The number of aryl methyl sites for hydroxylation is 1. The summed E-state index contributed by atoms with van der Waals surface area (Å²) in [6.07, 6.45) is 0. The molecule has 29 heavy (non-hydrogen) atoms. The SMILES string of the molecule is CCN(CC)S(=O)(=O)c1ccc(C(=O)Nc2nnc(-c3cccc(C)c3)s2)cc1. The molecule has 0 fully saturated rings. The van der Waals surface area contributed by atoms with Gasteiger partial charge in [0.05, 0.1) is 4.90 Å². The summed E-state index contributed by atoms with van der Waals surface area (Å²) >= 11 is 1.28. The lowest BCUT2D eigenvalue weighted by molar-refractivity contribution is 0.102. The molecule has 1 amide bonds. The number of nitrogens with zero attached hydrogens (tertiary/aromatic N) is 3. The first-order valence-electron chi connectivity index (χ1n) is 9.17. The van der Waals surface area contributed by atoms with E-state index in [1.54, 1.807) is 13.8 Å². The zero-order chi connectivity index (χ0) is 21.0. The van der Waals surface area contributed by atoms with Gasteiger partial charge in [0.15, 0.2) is 0 Å². The van der Waals surface area contributed by atoms with Crippen LogP contribution in [0.1, 0.15) is 29.8 Å². The van der Waals surface area contributed by atoms with E-state index in [1.807, 2.05) is 31.2 Å². The summed E-state index contributed by atoms with van der Waals surface area (Å²) in [6.45, 7) is 6.35. The Morgan fingerprint density at radius 2 is 1.76 bits per heavy atom. The average molecular weight is 431 g/mol. The van der Waals surface area contributed by atoms with Crippen LogP contribution in [0.25, 0.3) is 10.6 Å². The van der Waals surface area contributed by atoms with E-state index in [2.05, 4.69) is 15.5 Å². The molecule has 0 atom stereocenters. The van der Waals surface area contributed by atoms with Gasteiger partial charge in [-0.05, 0) is 37.3 Å². The van der Waals surface area contributed by atoms with Gasteiger partial charge < -0.3 is 0 Å². The van der Waals surface area contributed by atoms with Crippen LogP contribution < -0.4 is 5.32 Å². The summed E-state index contributed by atoms with van der Waals surface area (Å²) < 4.78 is 26.4. The van der Waals surface area contributed by atoms with Crippen LogP contribution in [0.4, 0.5) is 5.13 Å². The summed E-state index contributed by atoms with van der Waals surface area (Å²) in [6, 6.07) is 13.8. The highest BCUT2D eigenvalue weighted by Crippen LogP contribution is 2.27. The van der Waals surface area contributed by atoms with Crippen molar-refractivity contribution in [3.8, 4) is 10.6 Å². The number of rotatable bonds is 7. The van der Waals surface area contributed by atoms with Crippen molar-refractivity contribution in [3.63, 3.8) is 0 Å². The van der Waals surface area contributed by atoms with Gasteiger partial charge in [0.25, 0.3) is 5.91 Å². The Morgan fingerprint density at radius 3 is 2.38 bits per heavy atom. The fourth-order valence-corrected chi connectivity index (χ4v) is 5.02. The van der Waals surface area contributed by atoms with E-state index in [-0.39, 0.29) is 10.8 Å². The van der Waals surface area contributed by atoms with Gasteiger partial charge in [0, 0.05) is 24.2 Å². The molecule has 0 saturated heterocycles. The third-order valence-electron chi connectivity index (χ3n) is 4.37. The van der Waals surface area contributed by atoms with Crippen molar-refractivity contribution >= 4 is 32.4 Å². The Morgan fingerprint density at radius 1 is 1.07 bits per heavy atom. The van der Waals surface area contributed by atoms with Crippen LogP contribution in [-0.4, -0.2) is 41.9 Å². The van der Waals surface area contributed by atoms with Crippen LogP contribution in [0.15, 0.2) is 53.4 Å². The molecule has 0 aliphatic heterocycles. The van der Waals surface area contributed by atoms with E-state index in [1.165, 1.54) is 39.9 Å². The van der Waals surface area contributed by atoms with Crippen molar-refractivity contribution in [1.82, 2.24) is 14.5 Å². The van der Waals surface area contributed by atoms with E-state index in [0.717, 1.165) is 11.1 Å². The van der Waals surface area contributed by atoms with E-state index < -0.39 is 10.0 Å². The summed E-state index contributed by atoms with van der Waals surface area (Å²) in [7, 11) is -3.55. The minimum atomic E-state index is -3.55. The molecule has 3 rings (SSSR count). The van der Waals surface area contributed by atoms with Gasteiger partial charge in [-0.15, -0.1) is 10.2 Å². The predicted octanol–water partition coefficient (Wildman–Crippen LogP) is 3.80. The second-order valence-corrected chi connectivity index (χ2v) is 9.27. The van der Waals surface area contributed by atoms with Gasteiger partial charge in [-0.3, -0.25) is 10.1 Å². The fraction of sp³-hybridized carbons (Fsp3) is 0.250. The molecule has 0 radical (unpaired) electrons. The first-order chi connectivity index (χ1) is 13.8. The van der Waals surface area contributed by atoms with Gasteiger partial charge in [-0.2, -0.15) is 4.31 Å². The van der Waals surface area contributed by atoms with Crippen molar-refractivity contribution in [1.29, 1.82) is 0 Å². The summed E-state index contributed by atoms with van der Waals surface area (Å²) in [5, 5.41) is 12.0. The molecule has 9 heteroatoms. The summed E-state index contributed by atoms with van der Waals surface area (Å²) in [5.41, 5.74) is 2.40. The molecule has 1 heterocycles. The second-order valence-electron chi connectivity index (χ2n) is 6.35. The number of hydrogen-bond donors (Lipinski definition) is 1. The number of amides is 1. The van der Waals surface area contributed by atoms with E-state index in [9.17, 15) is 13.2 Å². The van der Waals surface area contributed by atoms with Gasteiger partial charge in [0.1, 0.15) is 5.01 Å². The van der Waals surface area contributed by atoms with Gasteiger partial charge in [-0.1, -0.05) is 48.9 Å². The Hall–Kier alpha value is -2.62. The van der Waals surface area contributed by atoms with Crippen molar-refractivity contribution in [2.24, 2.45) is 0 Å². The fourth-order valence-electron chi connectivity index (χ4n) is 2.83. The lowest BCUT2D eigenvalue weighted by atomic mass is 10.1. The molecule has 3 aromatic rings. The molecule has 7 nitrogen and oxygen atoms in total. The number of sulfonamides is 1. The Bertz CT molecular complexity index is 1100. The highest BCUT2D eigenvalue weighted by Gasteiger charge is 2.22. The molecule has 1 N–H and O–H groups in total. The number of anilines is 1. The summed E-state index contributed by atoms with van der Waals surface area (Å²) in [4.78, 5) is 12.7. The van der Waals surface area contributed by atoms with Crippen molar-refractivity contribution < 1.29 is 13.2 Å². The van der Waals surface area contributed by atoms with Crippen LogP contribution in [-0.2, 0) is 10.0 Å². The first-order valence-corrected chi connectivity index (χ1v) is 11.4. The Balaban J connectivity index is 1.73. The zero-order valence-electron chi connectivity index (χ0n) is 16.4. The third-order valence-corrected chi connectivity index (χ3v) is 7.32. The maximum absolute atomic E-state index is 12.5. The van der Waals surface area contributed by atoms with Gasteiger partial charge in [-0.25, -0.2) is 8.42 Å². The van der Waals surface area contributed by atoms with Gasteiger partial charge in [0.2, 0.25) is 15.2 Å². The maximum Gasteiger partial charge on any atom is 0.257 e. The van der Waals surface area contributed by atoms with E-state index in [4.69, 9.17) is 0 Å². The minimum Gasteiger partial charge on any atom is -0.296 e. The standard InChI is InChI=1S/C20H22N4O3S2/c1-4-24(5-2)29(26,27)17-11-9-15(10-12-17)18(25)21-20-23-22-19(28-20)16-8-6-7-14(3)13-16/h6-13H,4-5H2,1-3H3,(H,21,23,25). The molecular weight excluding hydrogens is 408 g/mol. The highest BCUT2D eigenvalue weighted by atomic mass is 32.2. The smallest absolute Gasteiger partial charge is 0.257 e. The van der Waals surface area contributed by atoms with Crippen molar-refractivity contribution in [2.75, 3.05) is 18.4 Å². The van der Waals surface area contributed by atoms with Crippen molar-refractivity contribution in [3.05, 3.63) is 59.7 Å². The number of carbonyl (C=O) groups excluding carboxylic acids is 1. The first kappa shape index (κ1) is 21.1. The lowest BCUT2D eigenvalue weighted by Gasteiger charge is -2.18. The van der Waals surface area contributed by atoms with Crippen LogP contribution in [0.3, 0.4) is 0 Å². The quantitative estimate of drug-likeness (QED) is 0.616. The molecule has 0 spiro atoms. The second kappa shape index (κ2) is 8.81. The Labute approximate surface area is 174 Å². The Kier molecular flexibility index (Phi) is 6.41. The molecule has 0 aliphatic carbocycles. The maximum atomic E-state index is 12.5. The van der Waals surface area contributed by atoms with Crippen LogP contribution >= 0.6 is 11.3 Å². The number of nitrogens with one attached hydrogen (secondary N) is 1. The van der Waals surface area contributed by atoms with E-state index >= 15 is 0 Å². The number of aromatic nitrogens is 2. The van der Waals surface area contributed by atoms with Crippen LogP contribution in [0, 0.1) is 6.92 Å². The predicted molar refractivity (Wildman–Crippen MR) is 115 cm³/mol. The van der Waals surface area contributed by atoms with Crippen LogP contribution in [0.2, 0.25) is 0 Å². The normalized spacial score (nSPS) is 11.6. The number of benzene rings is 2. The van der Waals surface area contributed by atoms with Crippen LogP contribution in [0.5, 0.6) is 0 Å². The molecule has 2 aromatic carbocycles. The number of hydrogen-bond acceptors (Lipinski definition) is 6. The molecular formula is C20H22N4O3S2. The topological polar surface area (TPSA) is 92.3 Å². The zero-order valence-corrected chi connectivity index (χ0v) is 18.0. The summed E-state index contributed by atoms with van der Waals surface area (Å²) in [5.74, 6) is -0.372. The molecule has 1 aromatic heterocycles. The molecule has 0 unspecified atom stereocenters. The van der Waals surface area contributed by atoms with E-state index in [0.29, 0.717) is 28.8 Å². The minimum absolute atomic E-state index is 0.162. The average Bonchev–Trinajstić information content (AvgIpc) is 3.17. The monoisotopic (exact) mass is 430 g/mol. The molecule has 152 valence electrons. The molecule has 0 saturated carbocycles. The molecule has 0 bridgehead atoms.